The second kappa shape index (κ2) is 6.36. The van der Waals surface area contributed by atoms with E-state index < -0.39 is 0 Å². The van der Waals surface area contributed by atoms with Crippen LogP contribution >= 0.6 is 0 Å². The second-order valence-electron chi connectivity index (χ2n) is 5.35. The highest BCUT2D eigenvalue weighted by Gasteiger charge is 2.17. The van der Waals surface area contributed by atoms with E-state index in [0.29, 0.717) is 18.1 Å². The molecule has 0 aliphatic carbocycles. The van der Waals surface area contributed by atoms with Crippen molar-refractivity contribution in [2.24, 2.45) is 0 Å². The number of rotatable bonds is 4. The SMILES string of the molecule is CN(Cc1ccccc1)C(=O)c1cc(N)n(-c2ccccc2)n1. The molecule has 2 N–H and O–H groups in total. The minimum atomic E-state index is -0.157. The van der Waals surface area contributed by atoms with Crippen LogP contribution in [-0.4, -0.2) is 27.6 Å². The summed E-state index contributed by atoms with van der Waals surface area (Å²) in [6, 6.07) is 21.0. The molecule has 1 amide bonds. The molecule has 0 saturated heterocycles. The Morgan fingerprint density at radius 1 is 1.09 bits per heavy atom. The number of aromatic nitrogens is 2. The van der Waals surface area contributed by atoms with Crippen LogP contribution in [0.1, 0.15) is 16.1 Å². The van der Waals surface area contributed by atoms with Crippen LogP contribution in [0.15, 0.2) is 66.7 Å². The number of para-hydroxylation sites is 1. The number of hydrogen-bond acceptors (Lipinski definition) is 3. The minimum Gasteiger partial charge on any atom is -0.384 e. The third kappa shape index (κ3) is 3.23. The first-order valence-corrected chi connectivity index (χ1v) is 7.35. The smallest absolute Gasteiger partial charge is 0.274 e. The van der Waals surface area contributed by atoms with Gasteiger partial charge in [0.2, 0.25) is 0 Å². The molecule has 0 saturated carbocycles. The maximum atomic E-state index is 12.5. The van der Waals surface area contributed by atoms with Gasteiger partial charge < -0.3 is 10.6 Å². The number of benzene rings is 2. The van der Waals surface area contributed by atoms with Crippen LogP contribution in [0.25, 0.3) is 5.69 Å². The lowest BCUT2D eigenvalue weighted by atomic mass is 10.2. The van der Waals surface area contributed by atoms with Crippen molar-refractivity contribution >= 4 is 11.7 Å². The Morgan fingerprint density at radius 2 is 1.70 bits per heavy atom. The van der Waals surface area contributed by atoms with Crippen LogP contribution in [0.5, 0.6) is 0 Å². The van der Waals surface area contributed by atoms with Crippen molar-refractivity contribution in [1.82, 2.24) is 14.7 Å². The molecule has 0 spiro atoms. The number of anilines is 1. The van der Waals surface area contributed by atoms with E-state index in [-0.39, 0.29) is 5.91 Å². The first kappa shape index (κ1) is 14.8. The van der Waals surface area contributed by atoms with Gasteiger partial charge in [0.05, 0.1) is 5.69 Å². The Morgan fingerprint density at radius 3 is 2.35 bits per heavy atom. The van der Waals surface area contributed by atoms with Gasteiger partial charge in [0, 0.05) is 19.7 Å². The number of amides is 1. The molecule has 23 heavy (non-hydrogen) atoms. The van der Waals surface area contributed by atoms with Gasteiger partial charge in [-0.1, -0.05) is 48.5 Å². The fourth-order valence-corrected chi connectivity index (χ4v) is 2.40. The highest BCUT2D eigenvalue weighted by molar-refractivity contribution is 5.93. The Kier molecular flexibility index (Phi) is 4.10. The molecule has 0 atom stereocenters. The van der Waals surface area contributed by atoms with Crippen molar-refractivity contribution in [3.8, 4) is 5.69 Å². The summed E-state index contributed by atoms with van der Waals surface area (Å²) in [7, 11) is 1.76. The molecule has 0 unspecified atom stereocenters. The molecule has 3 rings (SSSR count). The van der Waals surface area contributed by atoms with E-state index in [2.05, 4.69) is 5.10 Å². The Balaban J connectivity index is 1.80. The fraction of sp³-hybridized carbons (Fsp3) is 0.111. The number of nitrogen functional groups attached to an aromatic ring is 1. The van der Waals surface area contributed by atoms with Crippen LogP contribution < -0.4 is 5.73 Å². The predicted molar refractivity (Wildman–Crippen MR) is 90.2 cm³/mol. The second-order valence-corrected chi connectivity index (χ2v) is 5.35. The molecule has 1 heterocycles. The van der Waals surface area contributed by atoms with E-state index in [9.17, 15) is 4.79 Å². The normalized spacial score (nSPS) is 10.5. The van der Waals surface area contributed by atoms with Gasteiger partial charge in [0.1, 0.15) is 5.82 Å². The number of nitrogens with two attached hydrogens (primary N) is 1. The molecule has 5 heteroatoms. The highest BCUT2D eigenvalue weighted by Crippen LogP contribution is 2.16. The average Bonchev–Trinajstić information content (AvgIpc) is 2.97. The van der Waals surface area contributed by atoms with Crippen molar-refractivity contribution < 1.29 is 4.79 Å². The molecule has 0 radical (unpaired) electrons. The van der Waals surface area contributed by atoms with Crippen molar-refractivity contribution in [2.75, 3.05) is 12.8 Å². The zero-order chi connectivity index (χ0) is 16.2. The summed E-state index contributed by atoms with van der Waals surface area (Å²) in [6.07, 6.45) is 0. The van der Waals surface area contributed by atoms with Crippen molar-refractivity contribution in [3.05, 3.63) is 78.0 Å². The summed E-state index contributed by atoms with van der Waals surface area (Å²) in [5.41, 5.74) is 8.23. The van der Waals surface area contributed by atoms with E-state index in [1.807, 2.05) is 60.7 Å². The molecule has 5 nitrogen and oxygen atoms in total. The predicted octanol–water partition coefficient (Wildman–Crippen LogP) is 2.73. The fourth-order valence-electron chi connectivity index (χ4n) is 2.40. The van der Waals surface area contributed by atoms with E-state index in [4.69, 9.17) is 5.73 Å². The number of carbonyl (C=O) groups is 1. The third-order valence-corrected chi connectivity index (χ3v) is 3.57. The maximum absolute atomic E-state index is 12.5. The lowest BCUT2D eigenvalue weighted by molar-refractivity contribution is 0.0779. The summed E-state index contributed by atoms with van der Waals surface area (Å²) in [6.45, 7) is 0.526. The number of nitrogens with zero attached hydrogens (tertiary/aromatic N) is 3. The quantitative estimate of drug-likeness (QED) is 0.806. The number of carbonyl (C=O) groups excluding carboxylic acids is 1. The summed E-state index contributed by atoms with van der Waals surface area (Å²) < 4.78 is 1.57. The van der Waals surface area contributed by atoms with Gasteiger partial charge in [0.25, 0.3) is 5.91 Å². The Labute approximate surface area is 135 Å². The van der Waals surface area contributed by atoms with Crippen LogP contribution in [0.4, 0.5) is 5.82 Å². The monoisotopic (exact) mass is 306 g/mol. The molecule has 0 fully saturated rings. The van der Waals surface area contributed by atoms with Crippen molar-refractivity contribution in [3.63, 3.8) is 0 Å². The summed E-state index contributed by atoms with van der Waals surface area (Å²) >= 11 is 0. The van der Waals surface area contributed by atoms with Gasteiger partial charge in [-0.3, -0.25) is 4.79 Å². The largest absolute Gasteiger partial charge is 0.384 e. The first-order chi connectivity index (χ1) is 11.1. The highest BCUT2D eigenvalue weighted by atomic mass is 16.2. The summed E-state index contributed by atoms with van der Waals surface area (Å²) in [5, 5.41) is 4.34. The van der Waals surface area contributed by atoms with Crippen LogP contribution in [0, 0.1) is 0 Å². The van der Waals surface area contributed by atoms with Crippen molar-refractivity contribution in [2.45, 2.75) is 6.54 Å². The van der Waals surface area contributed by atoms with Crippen LogP contribution in [0.3, 0.4) is 0 Å². The van der Waals surface area contributed by atoms with Crippen LogP contribution in [-0.2, 0) is 6.54 Å². The van der Waals surface area contributed by atoms with Crippen LogP contribution in [0.2, 0.25) is 0 Å². The van der Waals surface area contributed by atoms with E-state index in [0.717, 1.165) is 11.3 Å². The molecule has 0 aliphatic heterocycles. The zero-order valence-corrected chi connectivity index (χ0v) is 12.9. The molecule has 1 aromatic heterocycles. The van der Waals surface area contributed by atoms with Gasteiger partial charge in [-0.05, 0) is 17.7 Å². The number of hydrogen-bond donors (Lipinski definition) is 1. The van der Waals surface area contributed by atoms with Gasteiger partial charge in [-0.25, -0.2) is 4.68 Å². The lowest BCUT2D eigenvalue weighted by Gasteiger charge is -2.15. The Hall–Kier alpha value is -3.08. The van der Waals surface area contributed by atoms with E-state index in [1.54, 1.807) is 22.7 Å². The minimum absolute atomic E-state index is 0.157. The summed E-state index contributed by atoms with van der Waals surface area (Å²) in [4.78, 5) is 14.2. The average molecular weight is 306 g/mol. The standard InChI is InChI=1S/C18H18N4O/c1-21(13-14-8-4-2-5-9-14)18(23)16-12-17(19)22(20-16)15-10-6-3-7-11-15/h2-12H,13,19H2,1H3. The van der Waals surface area contributed by atoms with Crippen molar-refractivity contribution in [1.29, 1.82) is 0 Å². The summed E-state index contributed by atoms with van der Waals surface area (Å²) in [5.74, 6) is 0.280. The van der Waals surface area contributed by atoms with Gasteiger partial charge >= 0.3 is 0 Å². The van der Waals surface area contributed by atoms with E-state index >= 15 is 0 Å². The van der Waals surface area contributed by atoms with Gasteiger partial charge in [-0.15, -0.1) is 0 Å². The molecule has 116 valence electrons. The molecular formula is C18H18N4O. The maximum Gasteiger partial charge on any atom is 0.274 e. The molecule has 2 aromatic carbocycles. The third-order valence-electron chi connectivity index (χ3n) is 3.57. The topological polar surface area (TPSA) is 64.2 Å². The first-order valence-electron chi connectivity index (χ1n) is 7.35. The Bertz CT molecular complexity index is 796. The van der Waals surface area contributed by atoms with Gasteiger partial charge in [0.15, 0.2) is 5.69 Å². The zero-order valence-electron chi connectivity index (χ0n) is 12.9. The van der Waals surface area contributed by atoms with Gasteiger partial charge in [-0.2, -0.15) is 5.10 Å². The molecule has 3 aromatic rings. The molecular weight excluding hydrogens is 288 g/mol. The lowest BCUT2D eigenvalue weighted by Crippen LogP contribution is -2.26. The molecule has 0 bridgehead atoms. The van der Waals surface area contributed by atoms with E-state index in [1.165, 1.54) is 0 Å². The molecule has 0 aliphatic rings.